The molecule has 0 aliphatic carbocycles. The first-order valence-corrected chi connectivity index (χ1v) is 8.17. The van der Waals surface area contributed by atoms with E-state index in [2.05, 4.69) is 39.2 Å². The smallest absolute Gasteiger partial charge is 0.164 e. The molecule has 0 saturated heterocycles. The number of aromatic nitrogens is 3. The molecular formula is C19H9Cl2N3. The maximum atomic E-state index is 6.57. The van der Waals surface area contributed by atoms with E-state index in [9.17, 15) is 0 Å². The zero-order valence-corrected chi connectivity index (χ0v) is 13.8. The van der Waals surface area contributed by atoms with Gasteiger partial charge in [0.05, 0.1) is 5.02 Å². The van der Waals surface area contributed by atoms with Gasteiger partial charge in [0, 0.05) is 16.0 Å². The van der Waals surface area contributed by atoms with Crippen molar-refractivity contribution < 1.29 is 0 Å². The van der Waals surface area contributed by atoms with Crippen molar-refractivity contribution >= 4 is 55.5 Å². The highest BCUT2D eigenvalue weighted by molar-refractivity contribution is 6.43. The van der Waals surface area contributed by atoms with E-state index in [1.54, 1.807) is 0 Å². The molecule has 4 aromatic carbocycles. The van der Waals surface area contributed by atoms with Crippen LogP contribution in [0.2, 0.25) is 10.0 Å². The lowest BCUT2D eigenvalue weighted by atomic mass is 9.91. The van der Waals surface area contributed by atoms with Crippen LogP contribution in [0.5, 0.6) is 0 Å². The average molecular weight is 350 g/mol. The molecule has 0 unspecified atom stereocenters. The quantitative estimate of drug-likeness (QED) is 0.362. The summed E-state index contributed by atoms with van der Waals surface area (Å²) in [5, 5.41) is 7.76. The van der Waals surface area contributed by atoms with Crippen LogP contribution in [0, 0.1) is 0 Å². The summed E-state index contributed by atoms with van der Waals surface area (Å²) in [6, 6.07) is 14.3. The highest BCUT2D eigenvalue weighted by atomic mass is 35.5. The lowest BCUT2D eigenvalue weighted by Crippen LogP contribution is -1.93. The van der Waals surface area contributed by atoms with E-state index in [0.29, 0.717) is 15.9 Å². The van der Waals surface area contributed by atoms with Crippen molar-refractivity contribution in [3.8, 4) is 11.4 Å². The van der Waals surface area contributed by atoms with E-state index in [0.717, 1.165) is 27.1 Å². The average Bonchev–Trinajstić information content (AvgIpc) is 2.61. The van der Waals surface area contributed by atoms with Crippen molar-refractivity contribution in [2.45, 2.75) is 0 Å². The minimum atomic E-state index is 0.559. The molecule has 0 bridgehead atoms. The zero-order chi connectivity index (χ0) is 16.3. The van der Waals surface area contributed by atoms with Gasteiger partial charge in [0.25, 0.3) is 0 Å². The number of benzene rings is 4. The molecule has 0 N–H and O–H groups in total. The van der Waals surface area contributed by atoms with E-state index < -0.39 is 0 Å². The van der Waals surface area contributed by atoms with Crippen LogP contribution in [-0.4, -0.2) is 15.0 Å². The van der Waals surface area contributed by atoms with Gasteiger partial charge in [-0.05, 0) is 39.1 Å². The molecule has 0 spiro atoms. The Hall–Kier alpha value is -2.49. The van der Waals surface area contributed by atoms with E-state index in [1.165, 1.54) is 23.4 Å². The van der Waals surface area contributed by atoms with Crippen molar-refractivity contribution in [1.29, 1.82) is 0 Å². The fourth-order valence-electron chi connectivity index (χ4n) is 3.41. The van der Waals surface area contributed by atoms with E-state index >= 15 is 0 Å². The summed E-state index contributed by atoms with van der Waals surface area (Å²) < 4.78 is 0. The third-order valence-electron chi connectivity index (χ3n) is 4.38. The summed E-state index contributed by atoms with van der Waals surface area (Å²) >= 11 is 13.1. The Bertz CT molecular complexity index is 1220. The molecule has 114 valence electrons. The number of halogens is 2. The SMILES string of the molecule is Clc1cc2c(Cl)cc3cccc4ccc(c1-c1ncncn1)c2c43. The Morgan fingerprint density at radius 3 is 2.33 bits per heavy atom. The van der Waals surface area contributed by atoms with Crippen molar-refractivity contribution in [2.24, 2.45) is 0 Å². The zero-order valence-electron chi connectivity index (χ0n) is 12.3. The Balaban J connectivity index is 2.08. The number of hydrogen-bond acceptors (Lipinski definition) is 3. The van der Waals surface area contributed by atoms with Gasteiger partial charge in [0.2, 0.25) is 0 Å². The lowest BCUT2D eigenvalue weighted by Gasteiger charge is -2.15. The summed E-state index contributed by atoms with van der Waals surface area (Å²) in [5.74, 6) is 0.559. The molecular weight excluding hydrogens is 341 g/mol. The molecule has 0 amide bonds. The molecule has 3 nitrogen and oxygen atoms in total. The molecule has 5 rings (SSSR count). The molecule has 0 aliphatic rings. The molecule has 5 heteroatoms. The summed E-state index contributed by atoms with van der Waals surface area (Å²) in [4.78, 5) is 12.4. The maximum Gasteiger partial charge on any atom is 0.164 e. The summed E-state index contributed by atoms with van der Waals surface area (Å²) in [7, 11) is 0. The Morgan fingerprint density at radius 2 is 1.50 bits per heavy atom. The standard InChI is InChI=1S/C19H9Cl2N3/c20-14-6-11-3-1-2-10-4-5-12-17(16(10)11)13(14)7-15(21)18(12)19-23-8-22-9-24-19/h1-9H. The minimum Gasteiger partial charge on any atom is -0.225 e. The van der Waals surface area contributed by atoms with Gasteiger partial charge in [-0.3, -0.25) is 0 Å². The van der Waals surface area contributed by atoms with Crippen LogP contribution in [0.3, 0.4) is 0 Å². The molecule has 5 aromatic rings. The van der Waals surface area contributed by atoms with Crippen molar-refractivity contribution in [2.75, 3.05) is 0 Å². The molecule has 0 fully saturated rings. The molecule has 1 aromatic heterocycles. The van der Waals surface area contributed by atoms with Crippen LogP contribution >= 0.6 is 23.2 Å². The molecule has 0 atom stereocenters. The highest BCUT2D eigenvalue weighted by Gasteiger charge is 2.18. The molecule has 1 heterocycles. The van der Waals surface area contributed by atoms with E-state index in [1.807, 2.05) is 18.2 Å². The Kier molecular flexibility index (Phi) is 2.90. The minimum absolute atomic E-state index is 0.559. The number of rotatable bonds is 1. The molecule has 0 aliphatic heterocycles. The molecule has 0 saturated carbocycles. The number of hydrogen-bond donors (Lipinski definition) is 0. The van der Waals surface area contributed by atoms with Gasteiger partial charge in [0.1, 0.15) is 12.7 Å². The first kappa shape index (κ1) is 13.9. The number of nitrogens with zero attached hydrogens (tertiary/aromatic N) is 3. The van der Waals surface area contributed by atoms with Gasteiger partial charge in [-0.2, -0.15) is 0 Å². The van der Waals surface area contributed by atoms with Crippen molar-refractivity contribution in [3.63, 3.8) is 0 Å². The van der Waals surface area contributed by atoms with Crippen LogP contribution in [0.1, 0.15) is 0 Å². The maximum absolute atomic E-state index is 6.57. The van der Waals surface area contributed by atoms with E-state index in [4.69, 9.17) is 23.2 Å². The fourth-order valence-corrected chi connectivity index (χ4v) is 3.98. The lowest BCUT2D eigenvalue weighted by molar-refractivity contribution is 1.06. The van der Waals surface area contributed by atoms with Gasteiger partial charge in [-0.15, -0.1) is 0 Å². The first-order chi connectivity index (χ1) is 11.7. The Morgan fingerprint density at radius 1 is 0.708 bits per heavy atom. The summed E-state index contributed by atoms with van der Waals surface area (Å²) in [6.45, 7) is 0. The normalized spacial score (nSPS) is 11.8. The fraction of sp³-hybridized carbons (Fsp3) is 0. The summed E-state index contributed by atoms with van der Waals surface area (Å²) in [5.41, 5.74) is 0.806. The van der Waals surface area contributed by atoms with Gasteiger partial charge >= 0.3 is 0 Å². The van der Waals surface area contributed by atoms with Crippen LogP contribution in [0.4, 0.5) is 0 Å². The van der Waals surface area contributed by atoms with Crippen molar-refractivity contribution in [3.05, 3.63) is 65.2 Å². The second-order valence-electron chi connectivity index (χ2n) is 5.67. The van der Waals surface area contributed by atoms with Gasteiger partial charge in [0.15, 0.2) is 5.82 Å². The van der Waals surface area contributed by atoms with Crippen LogP contribution in [-0.2, 0) is 0 Å². The topological polar surface area (TPSA) is 38.7 Å². The third-order valence-corrected chi connectivity index (χ3v) is 4.99. The van der Waals surface area contributed by atoms with Gasteiger partial charge in [-0.1, -0.05) is 53.5 Å². The largest absolute Gasteiger partial charge is 0.225 e. The van der Waals surface area contributed by atoms with Gasteiger partial charge < -0.3 is 0 Å². The molecule has 0 radical (unpaired) electrons. The van der Waals surface area contributed by atoms with Crippen LogP contribution < -0.4 is 0 Å². The second kappa shape index (κ2) is 5.00. The molecule has 24 heavy (non-hydrogen) atoms. The van der Waals surface area contributed by atoms with Gasteiger partial charge in [-0.25, -0.2) is 15.0 Å². The van der Waals surface area contributed by atoms with Crippen molar-refractivity contribution in [1.82, 2.24) is 15.0 Å². The van der Waals surface area contributed by atoms with Crippen LogP contribution in [0.15, 0.2) is 55.1 Å². The first-order valence-electron chi connectivity index (χ1n) is 7.42. The monoisotopic (exact) mass is 349 g/mol. The predicted octanol–water partition coefficient (Wildman–Crippen LogP) is 5.74. The predicted molar refractivity (Wildman–Crippen MR) is 99.0 cm³/mol. The Labute approximate surface area is 147 Å². The van der Waals surface area contributed by atoms with Crippen LogP contribution in [0.25, 0.3) is 43.7 Å². The summed E-state index contributed by atoms with van der Waals surface area (Å²) in [6.07, 6.45) is 2.95. The highest BCUT2D eigenvalue weighted by Crippen LogP contribution is 2.44. The third kappa shape index (κ3) is 1.83. The van der Waals surface area contributed by atoms with E-state index in [-0.39, 0.29) is 0 Å². The second-order valence-corrected chi connectivity index (χ2v) is 6.48.